The smallest absolute Gasteiger partial charge is 0.399 e. The molecule has 0 N–H and O–H groups in total. The molecule has 0 unspecified atom stereocenters. The Hall–Kier alpha value is -6.14. The van der Waals surface area contributed by atoms with Crippen LogP contribution in [-0.2, 0) is 29.7 Å². The Bertz CT molecular complexity index is 2810. The predicted octanol–water partition coefficient (Wildman–Crippen LogP) is 13.4. The molecule has 2 aliphatic heterocycles. The van der Waals surface area contributed by atoms with Crippen molar-refractivity contribution in [1.29, 1.82) is 0 Å². The molecular formula is C61H58O7P2. The van der Waals surface area contributed by atoms with Crippen molar-refractivity contribution in [3.63, 3.8) is 0 Å². The van der Waals surface area contributed by atoms with Gasteiger partial charge in [-0.1, -0.05) is 170 Å². The van der Waals surface area contributed by atoms with Crippen LogP contribution in [0.3, 0.4) is 0 Å². The molecule has 2 saturated heterocycles. The summed E-state index contributed by atoms with van der Waals surface area (Å²) in [5.41, 5.74) is 6.95. The Labute approximate surface area is 415 Å². The van der Waals surface area contributed by atoms with Crippen molar-refractivity contribution in [2.75, 3.05) is 14.2 Å². The third-order valence-electron chi connectivity index (χ3n) is 13.4. The summed E-state index contributed by atoms with van der Waals surface area (Å²) < 4.78 is 50.3. The largest absolute Gasteiger partial charge is 0.496 e. The van der Waals surface area contributed by atoms with Gasteiger partial charge in [-0.05, 0) is 134 Å². The molecular weight excluding hydrogens is 907 g/mol. The van der Waals surface area contributed by atoms with Crippen molar-refractivity contribution < 1.29 is 32.5 Å². The first-order valence-corrected chi connectivity index (χ1v) is 26.1. The van der Waals surface area contributed by atoms with Crippen LogP contribution in [0.2, 0.25) is 0 Å². The molecule has 8 aromatic rings. The lowest BCUT2D eigenvalue weighted by Crippen LogP contribution is -2.53. The van der Waals surface area contributed by atoms with Crippen molar-refractivity contribution >= 4 is 32.4 Å². The second-order valence-electron chi connectivity index (χ2n) is 18.5. The molecule has 7 nitrogen and oxygen atoms in total. The number of hydrogen-bond acceptors (Lipinski definition) is 7. The Morgan fingerprint density at radius 1 is 0.443 bits per heavy atom. The maximum Gasteiger partial charge on any atom is 0.399 e. The zero-order chi connectivity index (χ0) is 48.6. The Morgan fingerprint density at radius 2 is 0.800 bits per heavy atom. The fourth-order valence-corrected chi connectivity index (χ4v) is 15.0. The van der Waals surface area contributed by atoms with Gasteiger partial charge in [-0.25, -0.2) is 0 Å². The average molecular weight is 965 g/mol. The molecule has 354 valence electrons. The average Bonchev–Trinajstić information content (AvgIpc) is 3.66. The number of para-hydroxylation sites is 1. The minimum absolute atomic E-state index is 0.655. The molecule has 2 heterocycles. The molecule has 2 atom stereocenters. The van der Waals surface area contributed by atoms with E-state index in [1.165, 1.54) is 0 Å². The number of hydrogen-bond donors (Lipinski definition) is 0. The van der Waals surface area contributed by atoms with Crippen LogP contribution in [0.4, 0.5) is 0 Å². The van der Waals surface area contributed by atoms with Gasteiger partial charge in [-0.3, -0.25) is 9.05 Å². The van der Waals surface area contributed by atoms with Gasteiger partial charge in [0, 0.05) is 10.9 Å². The predicted molar refractivity (Wildman–Crippen MR) is 284 cm³/mol. The highest BCUT2D eigenvalue weighted by Crippen LogP contribution is 2.65. The van der Waals surface area contributed by atoms with Gasteiger partial charge in [0.25, 0.3) is 0 Å². The maximum atomic E-state index is 7.94. The van der Waals surface area contributed by atoms with E-state index in [-0.39, 0.29) is 0 Å². The Balaban J connectivity index is 1.29. The van der Waals surface area contributed by atoms with Crippen LogP contribution in [0.5, 0.6) is 17.2 Å². The van der Waals surface area contributed by atoms with E-state index in [1.807, 2.05) is 92.7 Å². The Kier molecular flexibility index (Phi) is 13.3. The SMILES string of the molecule is COc1c(C)cc(P(c2cc(C)c(OC)c(C)c2)c2cccc(-c3ccccc3)c2OP2OC(c3ccccc3)(c3ccccc3)[C@@H]3OC(C)(C)O[C@H]3C(c3ccccc3)(c3ccccc3)O2)cc1C. The van der Waals surface area contributed by atoms with Crippen molar-refractivity contribution in [1.82, 2.24) is 0 Å². The second-order valence-corrected chi connectivity index (χ2v) is 21.7. The summed E-state index contributed by atoms with van der Waals surface area (Å²) in [6.07, 6.45) is -1.53. The van der Waals surface area contributed by atoms with Crippen LogP contribution in [-0.4, -0.2) is 32.2 Å². The number of benzene rings is 8. The topological polar surface area (TPSA) is 64.6 Å². The summed E-state index contributed by atoms with van der Waals surface area (Å²) in [4.78, 5) is 0. The van der Waals surface area contributed by atoms with E-state index in [0.717, 1.165) is 83.0 Å². The molecule has 2 fully saturated rings. The lowest BCUT2D eigenvalue weighted by Gasteiger charge is -2.41. The zero-order valence-corrected chi connectivity index (χ0v) is 42.7. The van der Waals surface area contributed by atoms with Gasteiger partial charge in [-0.2, -0.15) is 0 Å². The van der Waals surface area contributed by atoms with Crippen molar-refractivity contribution in [2.24, 2.45) is 0 Å². The molecule has 0 aromatic heterocycles. The van der Waals surface area contributed by atoms with E-state index in [0.29, 0.717) is 5.75 Å². The van der Waals surface area contributed by atoms with Crippen LogP contribution in [0, 0.1) is 27.7 Å². The zero-order valence-electron chi connectivity index (χ0n) is 40.9. The highest BCUT2D eigenvalue weighted by molar-refractivity contribution is 7.80. The number of methoxy groups -OCH3 is 2. The van der Waals surface area contributed by atoms with Crippen LogP contribution in [0.1, 0.15) is 58.4 Å². The standard InChI is InChI=1S/C61H58O7P2/c1-41-37-50(38-42(2)54(41)62-7)69(51-39-43(3)55(63-8)44(4)40-51)53-36-24-35-52(45-25-14-9-15-26-45)56(53)66-70-67-60(46-27-16-10-17-28-46,47-29-18-11-19-30-47)57-58(65-59(5,6)64-57)61(68-70,48-31-20-12-21-32-48)49-33-22-13-23-34-49/h9-40,57-58H,1-8H3/t57-,58-/m1/s1. The fraction of sp³-hybridized carbons (Fsp3) is 0.213. The van der Waals surface area contributed by atoms with Gasteiger partial charge in [-0.15, -0.1) is 0 Å². The third-order valence-corrected chi connectivity index (χ3v) is 17.0. The van der Waals surface area contributed by atoms with Gasteiger partial charge >= 0.3 is 8.60 Å². The van der Waals surface area contributed by atoms with Crippen molar-refractivity contribution in [3.05, 3.63) is 239 Å². The van der Waals surface area contributed by atoms with E-state index >= 15 is 0 Å². The molecule has 0 radical (unpaired) electrons. The van der Waals surface area contributed by atoms with E-state index in [9.17, 15) is 0 Å². The molecule has 9 heteroatoms. The monoisotopic (exact) mass is 964 g/mol. The minimum atomic E-state index is -2.42. The lowest BCUT2D eigenvalue weighted by molar-refractivity contribution is -0.175. The molecule has 2 aliphatic rings. The molecule has 0 bridgehead atoms. The number of aryl methyl sites for hydroxylation is 4. The lowest BCUT2D eigenvalue weighted by atomic mass is 9.72. The molecule has 0 aliphatic carbocycles. The second kappa shape index (κ2) is 19.6. The van der Waals surface area contributed by atoms with E-state index in [2.05, 4.69) is 143 Å². The summed E-state index contributed by atoms with van der Waals surface area (Å²) in [6, 6.07) is 67.3. The van der Waals surface area contributed by atoms with Crippen LogP contribution in [0.25, 0.3) is 11.1 Å². The fourth-order valence-electron chi connectivity index (χ4n) is 10.6. The minimum Gasteiger partial charge on any atom is -0.496 e. The van der Waals surface area contributed by atoms with Gasteiger partial charge < -0.3 is 23.5 Å². The van der Waals surface area contributed by atoms with Crippen molar-refractivity contribution in [2.45, 2.75) is 70.7 Å². The highest BCUT2D eigenvalue weighted by atomic mass is 31.2. The highest BCUT2D eigenvalue weighted by Gasteiger charge is 2.67. The van der Waals surface area contributed by atoms with Crippen molar-refractivity contribution in [3.8, 4) is 28.4 Å². The molecule has 8 aromatic carbocycles. The molecule has 10 rings (SSSR count). The number of ether oxygens (including phenoxy) is 4. The first-order valence-electron chi connectivity index (χ1n) is 23.7. The summed E-state index contributed by atoms with van der Waals surface area (Å²) in [7, 11) is -0.284. The molecule has 0 amide bonds. The van der Waals surface area contributed by atoms with Gasteiger partial charge in [0.1, 0.15) is 29.5 Å². The first kappa shape index (κ1) is 47.5. The summed E-state index contributed by atoms with van der Waals surface area (Å²) in [6.45, 7) is 12.4. The number of fused-ring (bicyclic) bond motifs is 1. The summed E-state index contributed by atoms with van der Waals surface area (Å²) >= 11 is 0. The van der Waals surface area contributed by atoms with Gasteiger partial charge in [0.2, 0.25) is 0 Å². The normalized spacial score (nSPS) is 18.2. The quantitative estimate of drug-likeness (QED) is 0.113. The Morgan fingerprint density at radius 3 is 1.16 bits per heavy atom. The van der Waals surface area contributed by atoms with E-state index in [4.69, 9.17) is 32.5 Å². The summed E-state index contributed by atoms with van der Waals surface area (Å²) in [5, 5.41) is 3.28. The van der Waals surface area contributed by atoms with E-state index in [1.54, 1.807) is 14.2 Å². The molecule has 70 heavy (non-hydrogen) atoms. The van der Waals surface area contributed by atoms with Crippen LogP contribution < -0.4 is 29.9 Å². The van der Waals surface area contributed by atoms with Crippen LogP contribution >= 0.6 is 16.5 Å². The van der Waals surface area contributed by atoms with Gasteiger partial charge in [0.05, 0.1) is 14.2 Å². The van der Waals surface area contributed by atoms with E-state index < -0.39 is 45.7 Å². The molecule has 0 saturated carbocycles. The summed E-state index contributed by atoms with van der Waals surface area (Å²) in [5.74, 6) is 1.35. The number of rotatable bonds is 12. The molecule has 0 spiro atoms. The first-order chi connectivity index (χ1) is 34.0. The van der Waals surface area contributed by atoms with Crippen LogP contribution in [0.15, 0.2) is 194 Å². The maximum absolute atomic E-state index is 7.94. The van der Waals surface area contributed by atoms with Gasteiger partial charge in [0.15, 0.2) is 17.0 Å². The third kappa shape index (κ3) is 8.53.